The molecule has 1 aromatic rings. The summed E-state index contributed by atoms with van der Waals surface area (Å²) in [6.45, 7) is 23.9. The highest BCUT2D eigenvalue weighted by Gasteiger charge is 2.39. The van der Waals surface area contributed by atoms with E-state index < -0.39 is 64.6 Å². The van der Waals surface area contributed by atoms with Gasteiger partial charge in [0.05, 0.1) is 16.9 Å². The topological polar surface area (TPSA) is 155 Å². The number of amides is 2. The Bertz CT molecular complexity index is 1460. The molecular weight excluding hydrogens is 693 g/mol. The summed E-state index contributed by atoms with van der Waals surface area (Å²) in [6, 6.07) is 7.24. The molecule has 0 unspecified atom stereocenters. The maximum Gasteiger partial charge on any atom is 0.428 e. The van der Waals surface area contributed by atoms with Crippen molar-refractivity contribution in [3.05, 3.63) is 35.4 Å². The van der Waals surface area contributed by atoms with Gasteiger partial charge in [0.25, 0.3) is 0 Å². The van der Waals surface area contributed by atoms with Crippen LogP contribution in [0.1, 0.15) is 107 Å². The van der Waals surface area contributed by atoms with Gasteiger partial charge >= 0.3 is 18.0 Å². The molecule has 0 aromatic heterocycles. The fraction of sp³-hybridized carbons (Fsp3) is 0.730. The van der Waals surface area contributed by atoms with Crippen LogP contribution in [0.25, 0.3) is 0 Å². The lowest BCUT2D eigenvalue weighted by Gasteiger charge is -2.36. The van der Waals surface area contributed by atoms with Crippen LogP contribution in [0.2, 0.25) is 18.1 Å². The number of benzene rings is 1. The highest BCUT2D eigenvalue weighted by atomic mass is 32.2. The second-order valence-corrected chi connectivity index (χ2v) is 24.0. The molecule has 0 fully saturated rings. The average Bonchev–Trinajstić information content (AvgIpc) is 2.93. The Balaban J connectivity index is 3.29. The number of hydrogen-bond acceptors (Lipinski definition) is 10. The van der Waals surface area contributed by atoms with Gasteiger partial charge in [0.1, 0.15) is 18.3 Å². The summed E-state index contributed by atoms with van der Waals surface area (Å²) in [5, 5.41) is 0.984. The molecule has 0 spiro atoms. The monoisotopic (exact) mass is 756 g/mol. The van der Waals surface area contributed by atoms with Gasteiger partial charge in [-0.25, -0.2) is 18.2 Å². The van der Waals surface area contributed by atoms with Crippen molar-refractivity contribution >= 4 is 42.1 Å². The number of ether oxygens (including phenoxy) is 3. The van der Waals surface area contributed by atoms with Gasteiger partial charge < -0.3 is 18.6 Å². The molecule has 292 valence electrons. The SMILES string of the molecule is CC(=O)OC[C@@H](Cc1cccc([C@@](C)(CCCC(C)(C)CS(=O)(=O)CCO[Si](C)(C)C(C)(C)C)C(=O)NN(C)C(=O)OC(C)(C)C)c1)OC(C)=O. The summed E-state index contributed by atoms with van der Waals surface area (Å²) in [6.07, 6.45) is 0.0799. The molecule has 2 atom stereocenters. The van der Waals surface area contributed by atoms with Crippen LogP contribution in [0.15, 0.2) is 24.3 Å². The maximum absolute atomic E-state index is 14.1. The van der Waals surface area contributed by atoms with Crippen molar-refractivity contribution < 1.29 is 46.2 Å². The summed E-state index contributed by atoms with van der Waals surface area (Å²) in [5.41, 5.74) is 1.51. The summed E-state index contributed by atoms with van der Waals surface area (Å²) in [7, 11) is -4.10. The van der Waals surface area contributed by atoms with Gasteiger partial charge in [-0.15, -0.1) is 0 Å². The highest BCUT2D eigenvalue weighted by molar-refractivity contribution is 7.91. The molecule has 0 aliphatic rings. The molecular formula is C37H64N2O10SSi. The Morgan fingerprint density at radius 1 is 0.922 bits per heavy atom. The Labute approximate surface area is 307 Å². The van der Waals surface area contributed by atoms with Gasteiger partial charge in [0.2, 0.25) is 5.91 Å². The first-order chi connectivity index (χ1) is 23.0. The third kappa shape index (κ3) is 16.5. The van der Waals surface area contributed by atoms with Crippen LogP contribution in [0.5, 0.6) is 0 Å². The summed E-state index contributed by atoms with van der Waals surface area (Å²) in [5.74, 6) is -1.57. The second kappa shape index (κ2) is 18.2. The van der Waals surface area contributed by atoms with Crippen molar-refractivity contribution in [3.8, 4) is 0 Å². The largest absolute Gasteiger partial charge is 0.462 e. The number of sulfone groups is 1. The van der Waals surface area contributed by atoms with Crippen molar-refractivity contribution in [1.82, 2.24) is 10.4 Å². The van der Waals surface area contributed by atoms with Crippen LogP contribution in [0.3, 0.4) is 0 Å². The molecule has 2 amide bonds. The predicted molar refractivity (Wildman–Crippen MR) is 201 cm³/mol. The normalized spacial score (nSPS) is 14.5. The molecule has 1 aromatic carbocycles. The van der Waals surface area contributed by atoms with Crippen molar-refractivity contribution in [2.24, 2.45) is 5.41 Å². The number of hydrazine groups is 1. The lowest BCUT2D eigenvalue weighted by Crippen LogP contribution is -2.52. The van der Waals surface area contributed by atoms with Crippen LogP contribution >= 0.6 is 0 Å². The fourth-order valence-electron chi connectivity index (χ4n) is 5.23. The Morgan fingerprint density at radius 2 is 1.53 bits per heavy atom. The smallest absolute Gasteiger partial charge is 0.428 e. The van der Waals surface area contributed by atoms with Gasteiger partial charge in [0.15, 0.2) is 18.2 Å². The van der Waals surface area contributed by atoms with Crippen LogP contribution in [-0.4, -0.2) is 89.2 Å². The number of rotatable bonds is 17. The standard InChI is InChI=1S/C37H64N2O10SSi/c1-27(40)46-25-31(48-28(2)41)24-29-17-15-18-30(23-29)37(11,32(42)38-39(12)33(43)49-34(3,4)5)20-16-19-36(9,10)26-50(44,45)22-21-47-51(13,14)35(6,7)8/h15,17-18,23,31H,16,19-22,24-26H2,1-14H3,(H,38,42)/t31-,37-/m1/s1. The van der Waals surface area contributed by atoms with Gasteiger partial charge in [0, 0.05) is 33.9 Å². The molecule has 12 nitrogen and oxygen atoms in total. The maximum atomic E-state index is 14.1. The Kier molecular flexibility index (Phi) is 16.4. The van der Waals surface area contributed by atoms with Gasteiger partial charge in [-0.05, 0) is 75.2 Å². The van der Waals surface area contributed by atoms with Crippen molar-refractivity contribution in [1.29, 1.82) is 0 Å². The second-order valence-electron chi connectivity index (χ2n) is 17.0. The quantitative estimate of drug-likeness (QED) is 0.0805. The third-order valence-electron chi connectivity index (χ3n) is 9.07. The molecule has 0 saturated heterocycles. The molecule has 0 heterocycles. The molecule has 0 bridgehead atoms. The number of carbonyl (C=O) groups excluding carboxylic acids is 4. The van der Waals surface area contributed by atoms with E-state index >= 15 is 0 Å². The predicted octanol–water partition coefficient (Wildman–Crippen LogP) is 6.51. The van der Waals surface area contributed by atoms with E-state index in [0.29, 0.717) is 24.8 Å². The zero-order chi connectivity index (χ0) is 39.6. The molecule has 51 heavy (non-hydrogen) atoms. The zero-order valence-electron chi connectivity index (χ0n) is 33.5. The lowest BCUT2D eigenvalue weighted by atomic mass is 9.75. The number of hydrogen-bond donors (Lipinski definition) is 1. The van der Waals surface area contributed by atoms with Crippen LogP contribution in [-0.2, 0) is 54.7 Å². The van der Waals surface area contributed by atoms with Gasteiger partial charge in [-0.3, -0.25) is 19.8 Å². The number of esters is 2. The van der Waals surface area contributed by atoms with Crippen LogP contribution in [0.4, 0.5) is 4.79 Å². The average molecular weight is 757 g/mol. The van der Waals surface area contributed by atoms with E-state index in [2.05, 4.69) is 39.3 Å². The first kappa shape index (κ1) is 46.0. The van der Waals surface area contributed by atoms with E-state index in [0.717, 1.165) is 10.6 Å². The first-order valence-electron chi connectivity index (χ1n) is 17.5. The minimum atomic E-state index is -3.43. The summed E-state index contributed by atoms with van der Waals surface area (Å²) < 4.78 is 48.4. The molecule has 0 radical (unpaired) electrons. The van der Waals surface area contributed by atoms with E-state index in [4.69, 9.17) is 18.6 Å². The number of carbonyl (C=O) groups is 4. The van der Waals surface area contributed by atoms with E-state index in [9.17, 15) is 27.6 Å². The summed E-state index contributed by atoms with van der Waals surface area (Å²) in [4.78, 5) is 50.0. The van der Waals surface area contributed by atoms with Gasteiger partial charge in [-0.1, -0.05) is 65.3 Å². The van der Waals surface area contributed by atoms with Crippen molar-refractivity contribution in [3.63, 3.8) is 0 Å². The van der Waals surface area contributed by atoms with E-state index in [1.54, 1.807) is 33.8 Å². The number of nitrogens with one attached hydrogen (secondary N) is 1. The molecule has 0 saturated carbocycles. The van der Waals surface area contributed by atoms with Crippen molar-refractivity contribution in [2.75, 3.05) is 31.8 Å². The van der Waals surface area contributed by atoms with Gasteiger partial charge in [-0.2, -0.15) is 0 Å². The van der Waals surface area contributed by atoms with E-state index in [-0.39, 0.29) is 36.2 Å². The molecule has 1 N–H and O–H groups in total. The third-order valence-corrected chi connectivity index (χ3v) is 15.6. The van der Waals surface area contributed by atoms with Crippen LogP contribution in [0, 0.1) is 5.41 Å². The summed E-state index contributed by atoms with van der Waals surface area (Å²) >= 11 is 0. The fourth-order valence-corrected chi connectivity index (χ4v) is 8.24. The first-order valence-corrected chi connectivity index (χ1v) is 22.2. The van der Waals surface area contributed by atoms with E-state index in [1.807, 2.05) is 32.0 Å². The molecule has 0 aliphatic heterocycles. The minimum absolute atomic E-state index is 0.0237. The number of nitrogens with zero attached hydrogens (tertiary/aromatic N) is 1. The van der Waals surface area contributed by atoms with Crippen LogP contribution < -0.4 is 5.43 Å². The highest BCUT2D eigenvalue weighted by Crippen LogP contribution is 2.37. The van der Waals surface area contributed by atoms with E-state index in [1.165, 1.54) is 20.9 Å². The minimum Gasteiger partial charge on any atom is -0.462 e. The van der Waals surface area contributed by atoms with Crippen molar-refractivity contribution in [2.45, 2.75) is 137 Å². The zero-order valence-corrected chi connectivity index (χ0v) is 35.3. The molecule has 14 heteroatoms. The molecule has 0 aliphatic carbocycles. The Morgan fingerprint density at radius 3 is 2.06 bits per heavy atom. The molecule has 1 rings (SSSR count). The lowest BCUT2D eigenvalue weighted by molar-refractivity contribution is -0.156. The Hall–Kier alpha value is -2.97.